The van der Waals surface area contributed by atoms with Gasteiger partial charge in [-0.1, -0.05) is 31.7 Å². The van der Waals surface area contributed by atoms with Crippen molar-refractivity contribution >= 4 is 28.2 Å². The number of carbonyl (C=O) groups excluding carboxylic acids is 1. The van der Waals surface area contributed by atoms with Gasteiger partial charge in [0.2, 0.25) is 0 Å². The van der Waals surface area contributed by atoms with Crippen LogP contribution in [0.3, 0.4) is 0 Å². The van der Waals surface area contributed by atoms with Gasteiger partial charge in [-0.25, -0.2) is 4.79 Å². The molecule has 0 saturated heterocycles. The van der Waals surface area contributed by atoms with Crippen LogP contribution in [0.1, 0.15) is 48.9 Å². The summed E-state index contributed by atoms with van der Waals surface area (Å²) in [5, 5.41) is 11.8. The minimum Gasteiger partial charge on any atom is -0.462 e. The molecule has 33 heavy (non-hydrogen) atoms. The van der Waals surface area contributed by atoms with Gasteiger partial charge >= 0.3 is 5.97 Å². The lowest BCUT2D eigenvalue weighted by Crippen LogP contribution is -2.34. The third-order valence-corrected chi connectivity index (χ3v) is 5.85. The van der Waals surface area contributed by atoms with Crippen LogP contribution in [-0.2, 0) is 11.3 Å². The molecule has 0 aliphatic carbocycles. The quantitative estimate of drug-likeness (QED) is 0.112. The number of quaternary nitrogens is 1. The van der Waals surface area contributed by atoms with Crippen LogP contribution in [0, 0.1) is 10.1 Å². The second-order valence-corrected chi connectivity index (χ2v) is 9.33. The van der Waals surface area contributed by atoms with Gasteiger partial charge in [0.15, 0.2) is 0 Å². The van der Waals surface area contributed by atoms with Gasteiger partial charge in [-0.2, -0.15) is 0 Å². The summed E-state index contributed by atoms with van der Waals surface area (Å²) < 4.78 is 8.26. The van der Waals surface area contributed by atoms with E-state index in [0.29, 0.717) is 16.7 Å². The van der Waals surface area contributed by atoms with Crippen molar-refractivity contribution < 1.29 is 14.5 Å². The van der Waals surface area contributed by atoms with Crippen molar-refractivity contribution in [2.45, 2.75) is 45.1 Å². The number of carbonyl (C=O) groups is 1. The minimum atomic E-state index is -0.360. The fourth-order valence-electron chi connectivity index (χ4n) is 3.89. The number of aromatic nitrogens is 1. The number of non-ortho nitro benzene ring substituents is 1. The van der Waals surface area contributed by atoms with E-state index in [1.54, 1.807) is 18.2 Å². The molecule has 0 N–H and O–H groups in total. The molecule has 0 bridgehead atoms. The van der Waals surface area contributed by atoms with E-state index in [2.05, 4.69) is 25.7 Å². The zero-order valence-electron chi connectivity index (χ0n) is 19.8. The molecule has 0 atom stereocenters. The van der Waals surface area contributed by atoms with Crippen LogP contribution in [0.5, 0.6) is 0 Å². The summed E-state index contributed by atoms with van der Waals surface area (Å²) in [6, 6.07) is 14.6. The smallest absolute Gasteiger partial charge is 0.338 e. The average molecular weight is 453 g/mol. The standard InChI is InChI=1S/C26H34N3O4/c1-29(2,3)24-12-10-11-22(20-24)26(30)33-18-9-7-5-4-6-8-16-27-17-15-21-19-23(28(31)32)13-14-25(21)27/h10-15,17,19-20H,4-9,16,18H2,1-3H3/q+1. The number of hydrogen-bond acceptors (Lipinski definition) is 4. The Kier molecular flexibility index (Phi) is 8.22. The van der Waals surface area contributed by atoms with Crippen molar-refractivity contribution in [3.8, 4) is 0 Å². The summed E-state index contributed by atoms with van der Waals surface area (Å²) in [7, 11) is 6.21. The van der Waals surface area contributed by atoms with Crippen molar-refractivity contribution in [2.75, 3.05) is 27.7 Å². The fraction of sp³-hybridized carbons (Fsp3) is 0.423. The lowest BCUT2D eigenvalue weighted by atomic mass is 10.1. The highest BCUT2D eigenvalue weighted by Crippen LogP contribution is 2.23. The first-order valence-corrected chi connectivity index (χ1v) is 11.6. The molecule has 2 aromatic carbocycles. The first-order chi connectivity index (χ1) is 15.8. The van der Waals surface area contributed by atoms with Gasteiger partial charge in [-0.05, 0) is 37.1 Å². The SMILES string of the molecule is C[N+](C)(C)c1cccc(C(=O)OCCCCCCCCn2ccc3cc([N+](=O)[O-])ccc32)c1. The van der Waals surface area contributed by atoms with Gasteiger partial charge in [0.05, 0.1) is 38.2 Å². The zero-order valence-corrected chi connectivity index (χ0v) is 19.8. The van der Waals surface area contributed by atoms with Gasteiger partial charge in [0, 0.05) is 41.8 Å². The lowest BCUT2D eigenvalue weighted by molar-refractivity contribution is -0.384. The molecule has 7 nitrogen and oxygen atoms in total. The Balaban J connectivity index is 1.29. The topological polar surface area (TPSA) is 74.4 Å². The molecule has 0 spiro atoms. The number of nitro benzene ring substituents is 1. The van der Waals surface area contributed by atoms with E-state index in [0.717, 1.165) is 61.7 Å². The van der Waals surface area contributed by atoms with E-state index in [9.17, 15) is 14.9 Å². The Morgan fingerprint density at radius 1 is 0.970 bits per heavy atom. The normalized spacial score (nSPS) is 11.6. The highest BCUT2D eigenvalue weighted by Gasteiger charge is 2.15. The highest BCUT2D eigenvalue weighted by molar-refractivity contribution is 5.90. The molecule has 176 valence electrons. The maximum Gasteiger partial charge on any atom is 0.338 e. The molecule has 0 aliphatic heterocycles. The summed E-state index contributed by atoms with van der Waals surface area (Å²) in [5.41, 5.74) is 2.84. The molecule has 0 fully saturated rings. The van der Waals surface area contributed by atoms with Crippen molar-refractivity contribution in [2.24, 2.45) is 0 Å². The Bertz CT molecular complexity index is 1100. The number of nitrogens with zero attached hydrogens (tertiary/aromatic N) is 3. The second-order valence-electron chi connectivity index (χ2n) is 9.33. The summed E-state index contributed by atoms with van der Waals surface area (Å²) in [5.74, 6) is -0.255. The highest BCUT2D eigenvalue weighted by atomic mass is 16.6. The van der Waals surface area contributed by atoms with Crippen LogP contribution in [0.2, 0.25) is 0 Å². The molecule has 3 rings (SSSR count). The van der Waals surface area contributed by atoms with Crippen molar-refractivity contribution in [1.82, 2.24) is 9.05 Å². The van der Waals surface area contributed by atoms with Crippen LogP contribution in [0.4, 0.5) is 11.4 Å². The van der Waals surface area contributed by atoms with Crippen LogP contribution < -0.4 is 4.48 Å². The Morgan fingerprint density at radius 2 is 1.70 bits per heavy atom. The fourth-order valence-corrected chi connectivity index (χ4v) is 3.89. The number of nitro groups is 1. The maximum absolute atomic E-state index is 12.3. The lowest BCUT2D eigenvalue weighted by Gasteiger charge is -2.23. The first-order valence-electron chi connectivity index (χ1n) is 11.6. The predicted molar refractivity (Wildman–Crippen MR) is 133 cm³/mol. The molecule has 0 radical (unpaired) electrons. The van der Waals surface area contributed by atoms with Crippen LogP contribution in [-0.4, -0.2) is 43.2 Å². The average Bonchev–Trinajstić information content (AvgIpc) is 3.19. The summed E-state index contributed by atoms with van der Waals surface area (Å²) in [6.45, 7) is 1.36. The van der Waals surface area contributed by atoms with Gasteiger partial charge < -0.3 is 9.30 Å². The Labute approximate surface area is 195 Å². The molecule has 3 aromatic rings. The number of rotatable bonds is 12. The monoisotopic (exact) mass is 452 g/mol. The third kappa shape index (κ3) is 6.89. The van der Waals surface area contributed by atoms with Gasteiger partial charge in [0.25, 0.3) is 5.69 Å². The van der Waals surface area contributed by atoms with Crippen LogP contribution in [0.15, 0.2) is 54.7 Å². The van der Waals surface area contributed by atoms with E-state index < -0.39 is 0 Å². The van der Waals surface area contributed by atoms with E-state index in [-0.39, 0.29) is 16.6 Å². The minimum absolute atomic E-state index is 0.128. The van der Waals surface area contributed by atoms with E-state index in [4.69, 9.17) is 4.74 Å². The molecular formula is C26H34N3O4+. The van der Waals surface area contributed by atoms with Gasteiger partial charge in [-0.15, -0.1) is 0 Å². The summed E-state index contributed by atoms with van der Waals surface area (Å²) in [6.07, 6.45) is 8.38. The Morgan fingerprint density at radius 3 is 2.42 bits per heavy atom. The number of hydrogen-bond donors (Lipinski definition) is 0. The van der Waals surface area contributed by atoms with Crippen molar-refractivity contribution in [3.63, 3.8) is 0 Å². The molecule has 1 heterocycles. The first kappa shape index (κ1) is 24.5. The zero-order chi connectivity index (χ0) is 23.8. The second kappa shape index (κ2) is 11.1. The molecule has 0 amide bonds. The van der Waals surface area contributed by atoms with E-state index >= 15 is 0 Å². The maximum atomic E-state index is 12.3. The third-order valence-electron chi connectivity index (χ3n) is 5.85. The number of fused-ring (bicyclic) bond motifs is 1. The molecular weight excluding hydrogens is 418 g/mol. The van der Waals surface area contributed by atoms with E-state index in [1.807, 2.05) is 36.5 Å². The van der Waals surface area contributed by atoms with Gasteiger partial charge in [0.1, 0.15) is 5.69 Å². The largest absolute Gasteiger partial charge is 0.462 e. The van der Waals surface area contributed by atoms with Crippen LogP contribution in [0.25, 0.3) is 10.9 Å². The van der Waals surface area contributed by atoms with Gasteiger partial charge in [-0.3, -0.25) is 14.6 Å². The van der Waals surface area contributed by atoms with Crippen LogP contribution >= 0.6 is 0 Å². The molecule has 0 unspecified atom stereocenters. The predicted octanol–water partition coefficient (Wildman–Crippen LogP) is 5.94. The van der Waals surface area contributed by atoms with E-state index in [1.165, 1.54) is 0 Å². The Hall–Kier alpha value is -3.19. The molecule has 7 heteroatoms. The number of unbranched alkanes of at least 4 members (excludes halogenated alkanes) is 5. The van der Waals surface area contributed by atoms with Crippen molar-refractivity contribution in [1.29, 1.82) is 0 Å². The number of ether oxygens (including phenoxy) is 1. The van der Waals surface area contributed by atoms with Crippen molar-refractivity contribution in [3.05, 3.63) is 70.4 Å². The molecule has 1 aromatic heterocycles. The number of aryl methyl sites for hydroxylation is 1. The summed E-state index contributed by atoms with van der Waals surface area (Å²) >= 11 is 0. The molecule has 0 saturated carbocycles. The number of benzene rings is 2. The summed E-state index contributed by atoms with van der Waals surface area (Å²) in [4.78, 5) is 22.8. The number of esters is 1. The molecule has 0 aliphatic rings.